The minimum atomic E-state index is 0. The quantitative estimate of drug-likeness (QED) is 0.520. The molecule has 0 atom stereocenters. The fraction of sp³-hybridized carbons (Fsp3) is 0.538. The van der Waals surface area contributed by atoms with E-state index in [2.05, 4.69) is 51.1 Å². The molecule has 3 heteroatoms. The van der Waals surface area contributed by atoms with Gasteiger partial charge in [-0.1, -0.05) is 30.3 Å². The van der Waals surface area contributed by atoms with Crippen LogP contribution in [0, 0.1) is 0 Å². The van der Waals surface area contributed by atoms with E-state index >= 15 is 0 Å². The van der Waals surface area contributed by atoms with Crippen molar-refractivity contribution in [3.05, 3.63) is 35.9 Å². The molecule has 1 N–H and O–H groups in total. The SMILES string of the molecule is CC[N+](CC)(CC)Cc1ccccc1.[H-].[Na+].[OH-]. The zero-order valence-corrected chi connectivity index (χ0v) is 13.1. The van der Waals surface area contributed by atoms with Crippen LogP contribution in [0.15, 0.2) is 30.3 Å². The Bertz CT molecular complexity index is 257. The number of benzene rings is 1. The third-order valence-corrected chi connectivity index (χ3v) is 3.37. The summed E-state index contributed by atoms with van der Waals surface area (Å²) in [5, 5.41) is 0. The van der Waals surface area contributed by atoms with Gasteiger partial charge in [-0.25, -0.2) is 0 Å². The molecule has 0 spiro atoms. The van der Waals surface area contributed by atoms with Gasteiger partial charge in [-0.15, -0.1) is 0 Å². The Morgan fingerprint density at radius 1 is 0.938 bits per heavy atom. The fourth-order valence-electron chi connectivity index (χ4n) is 1.98. The molecule has 16 heavy (non-hydrogen) atoms. The first-order valence-corrected chi connectivity index (χ1v) is 5.65. The molecule has 0 fully saturated rings. The summed E-state index contributed by atoms with van der Waals surface area (Å²) in [4.78, 5) is 0. The second kappa shape index (κ2) is 9.20. The van der Waals surface area contributed by atoms with Crippen LogP contribution in [-0.4, -0.2) is 29.6 Å². The Morgan fingerprint density at radius 2 is 1.38 bits per heavy atom. The Labute approximate surface area is 123 Å². The summed E-state index contributed by atoms with van der Waals surface area (Å²) in [5.74, 6) is 0. The van der Waals surface area contributed by atoms with Gasteiger partial charge in [-0.2, -0.15) is 0 Å². The molecule has 0 saturated carbocycles. The van der Waals surface area contributed by atoms with Gasteiger partial charge in [0.25, 0.3) is 0 Å². The average molecular weight is 233 g/mol. The second-order valence-electron chi connectivity index (χ2n) is 3.93. The van der Waals surface area contributed by atoms with E-state index in [0.29, 0.717) is 0 Å². The van der Waals surface area contributed by atoms with Crippen molar-refractivity contribution in [3.63, 3.8) is 0 Å². The van der Waals surface area contributed by atoms with Crippen molar-refractivity contribution in [3.8, 4) is 0 Å². The van der Waals surface area contributed by atoms with E-state index < -0.39 is 0 Å². The molecule has 1 aromatic carbocycles. The van der Waals surface area contributed by atoms with Crippen LogP contribution >= 0.6 is 0 Å². The largest absolute Gasteiger partial charge is 1.00 e. The predicted molar refractivity (Wildman–Crippen MR) is 65.1 cm³/mol. The summed E-state index contributed by atoms with van der Waals surface area (Å²) in [7, 11) is 0. The van der Waals surface area contributed by atoms with Gasteiger partial charge in [0.1, 0.15) is 6.54 Å². The summed E-state index contributed by atoms with van der Waals surface area (Å²) in [6.45, 7) is 11.7. The normalized spacial score (nSPS) is 10.2. The first-order chi connectivity index (χ1) is 6.76. The first-order valence-electron chi connectivity index (χ1n) is 5.65. The Balaban J connectivity index is -0.000000653. The summed E-state index contributed by atoms with van der Waals surface area (Å²) in [5.41, 5.74) is 1.46. The maximum atomic E-state index is 2.29. The maximum Gasteiger partial charge on any atom is 1.00 e. The van der Waals surface area contributed by atoms with E-state index in [1.807, 2.05) is 0 Å². The van der Waals surface area contributed by atoms with Crippen molar-refractivity contribution in [1.82, 2.24) is 0 Å². The minimum absolute atomic E-state index is 0. The van der Waals surface area contributed by atoms with Crippen molar-refractivity contribution in [1.29, 1.82) is 0 Å². The summed E-state index contributed by atoms with van der Waals surface area (Å²) < 4.78 is 1.20. The molecule has 0 bridgehead atoms. The van der Waals surface area contributed by atoms with Gasteiger partial charge in [0, 0.05) is 5.56 Å². The van der Waals surface area contributed by atoms with Gasteiger partial charge < -0.3 is 11.4 Å². The summed E-state index contributed by atoms with van der Waals surface area (Å²) >= 11 is 0. The van der Waals surface area contributed by atoms with Crippen molar-refractivity contribution in [2.75, 3.05) is 19.6 Å². The van der Waals surface area contributed by atoms with Crippen LogP contribution in [0.4, 0.5) is 0 Å². The molecule has 0 unspecified atom stereocenters. The topological polar surface area (TPSA) is 30.0 Å². The molecule has 88 valence electrons. The van der Waals surface area contributed by atoms with Crippen LogP contribution in [0.5, 0.6) is 0 Å². The smallest absolute Gasteiger partial charge is 1.00 e. The number of quaternary nitrogens is 1. The maximum absolute atomic E-state index is 2.29. The van der Waals surface area contributed by atoms with Gasteiger partial charge >= 0.3 is 29.6 Å². The van der Waals surface area contributed by atoms with Crippen molar-refractivity contribution >= 4 is 0 Å². The molecule has 0 aromatic heterocycles. The van der Waals surface area contributed by atoms with Crippen LogP contribution in [-0.2, 0) is 6.54 Å². The van der Waals surface area contributed by atoms with E-state index in [9.17, 15) is 0 Å². The van der Waals surface area contributed by atoms with E-state index in [0.717, 1.165) is 0 Å². The van der Waals surface area contributed by atoms with Crippen LogP contribution in [0.25, 0.3) is 0 Å². The Hall–Kier alpha value is 0.140. The zero-order valence-electron chi connectivity index (χ0n) is 12.1. The van der Waals surface area contributed by atoms with Crippen LogP contribution in [0.1, 0.15) is 27.8 Å². The number of rotatable bonds is 5. The molecular weight excluding hydrogens is 209 g/mol. The predicted octanol–water partition coefficient (Wildman–Crippen LogP) is 0.00280. The minimum Gasteiger partial charge on any atom is -1.00 e. The molecular formula is C13H24NNaO. The Morgan fingerprint density at radius 3 is 1.75 bits per heavy atom. The molecule has 0 aliphatic heterocycles. The van der Waals surface area contributed by atoms with Crippen LogP contribution in [0.2, 0.25) is 0 Å². The zero-order chi connectivity index (χ0) is 10.4. The van der Waals surface area contributed by atoms with Gasteiger partial charge in [0.05, 0.1) is 19.6 Å². The molecule has 2 nitrogen and oxygen atoms in total. The van der Waals surface area contributed by atoms with Gasteiger partial charge in [-0.05, 0) is 20.8 Å². The van der Waals surface area contributed by atoms with Gasteiger partial charge in [0.15, 0.2) is 0 Å². The van der Waals surface area contributed by atoms with Crippen molar-refractivity contribution in [2.24, 2.45) is 0 Å². The van der Waals surface area contributed by atoms with Gasteiger partial charge in [0.2, 0.25) is 0 Å². The van der Waals surface area contributed by atoms with Crippen LogP contribution in [0.3, 0.4) is 0 Å². The fourth-order valence-corrected chi connectivity index (χ4v) is 1.98. The standard InChI is InChI=1S/C13H22N.Na.H2O.H/c1-4-14(5-2,6-3)12-13-10-8-7-9-11-13;;;/h7-11H,4-6,12H2,1-3H3;;1H2;/q2*+1;;-1/p-1. The average Bonchev–Trinajstić information content (AvgIpc) is 2.28. The third-order valence-electron chi connectivity index (χ3n) is 3.37. The molecule has 1 aromatic rings. The monoisotopic (exact) mass is 233 g/mol. The van der Waals surface area contributed by atoms with Gasteiger partial charge in [-0.3, -0.25) is 0 Å². The van der Waals surface area contributed by atoms with Crippen molar-refractivity contribution in [2.45, 2.75) is 27.3 Å². The third kappa shape index (κ3) is 4.98. The van der Waals surface area contributed by atoms with E-state index in [1.165, 1.54) is 36.2 Å². The second-order valence-corrected chi connectivity index (χ2v) is 3.93. The number of hydrogen-bond donors (Lipinski definition) is 0. The van der Waals surface area contributed by atoms with E-state index in [-0.39, 0.29) is 36.5 Å². The molecule has 0 heterocycles. The molecule has 0 saturated heterocycles. The van der Waals surface area contributed by atoms with Crippen molar-refractivity contribution < 1.29 is 40.9 Å². The molecule has 0 aliphatic carbocycles. The van der Waals surface area contributed by atoms with E-state index in [4.69, 9.17) is 0 Å². The summed E-state index contributed by atoms with van der Waals surface area (Å²) in [6.07, 6.45) is 0. The van der Waals surface area contributed by atoms with E-state index in [1.54, 1.807) is 0 Å². The molecule has 0 radical (unpaired) electrons. The van der Waals surface area contributed by atoms with Crippen LogP contribution < -0.4 is 29.6 Å². The first kappa shape index (κ1) is 18.5. The summed E-state index contributed by atoms with van der Waals surface area (Å²) in [6, 6.07) is 10.8. The Kier molecular flexibility index (Phi) is 10.6. The molecule has 0 amide bonds. The number of nitrogens with zero attached hydrogens (tertiary/aromatic N) is 1. The molecule has 1 rings (SSSR count). The number of hydrogen-bond acceptors (Lipinski definition) is 1. The molecule has 0 aliphatic rings.